The van der Waals surface area contributed by atoms with Crippen LogP contribution in [0.3, 0.4) is 0 Å². The lowest BCUT2D eigenvalue weighted by molar-refractivity contribution is 0.403. The molecule has 1 heterocycles. The summed E-state index contributed by atoms with van der Waals surface area (Å²) in [6.45, 7) is 2.94. The van der Waals surface area contributed by atoms with Gasteiger partial charge in [0.25, 0.3) is 0 Å². The zero-order valence-corrected chi connectivity index (χ0v) is 11.2. The van der Waals surface area contributed by atoms with E-state index in [2.05, 4.69) is 34.6 Å². The minimum absolute atomic E-state index is 0.00773. The van der Waals surface area contributed by atoms with Crippen LogP contribution in [-0.4, -0.2) is 16.7 Å². The highest BCUT2D eigenvalue weighted by Gasteiger charge is 2.26. The Bertz CT molecular complexity index is 519. The summed E-state index contributed by atoms with van der Waals surface area (Å²) < 4.78 is 5.82. The van der Waals surface area contributed by atoms with Gasteiger partial charge in [0, 0.05) is 6.42 Å². The van der Waals surface area contributed by atoms with E-state index in [1.165, 1.54) is 12.8 Å². The molecule has 19 heavy (non-hydrogen) atoms. The van der Waals surface area contributed by atoms with Gasteiger partial charge in [-0.2, -0.15) is 0 Å². The first-order valence-corrected chi connectivity index (χ1v) is 6.97. The van der Waals surface area contributed by atoms with Gasteiger partial charge >= 0.3 is 0 Å². The van der Waals surface area contributed by atoms with Gasteiger partial charge in [-0.05, 0) is 30.9 Å². The van der Waals surface area contributed by atoms with Crippen molar-refractivity contribution in [3.8, 4) is 0 Å². The van der Waals surface area contributed by atoms with Crippen LogP contribution >= 0.6 is 0 Å². The van der Waals surface area contributed by atoms with Crippen LogP contribution in [0.25, 0.3) is 0 Å². The van der Waals surface area contributed by atoms with Crippen molar-refractivity contribution in [2.75, 3.05) is 6.54 Å². The molecule has 0 bridgehead atoms. The Hall–Kier alpha value is -1.68. The van der Waals surface area contributed by atoms with Crippen LogP contribution in [0, 0.1) is 5.92 Å². The number of nitrogens with zero attached hydrogens (tertiary/aromatic N) is 2. The molecule has 0 aliphatic heterocycles. The number of hydrogen-bond acceptors (Lipinski definition) is 4. The van der Waals surface area contributed by atoms with E-state index >= 15 is 0 Å². The summed E-state index contributed by atoms with van der Waals surface area (Å²) in [5.41, 5.74) is 1.16. The predicted molar refractivity (Wildman–Crippen MR) is 72.7 cm³/mol. The Kier molecular flexibility index (Phi) is 3.60. The first kappa shape index (κ1) is 12.4. The maximum absolute atomic E-state index is 5.82. The number of rotatable bonds is 6. The zero-order valence-electron chi connectivity index (χ0n) is 11.2. The standard InChI is InChI=1S/C15H19N3O/c1-2-16-14(12-6-4-3-5-7-12)15-18-17-13(19-15)10-11-8-9-11/h3-7,11,14,16H,2,8-10H2,1H3. The fourth-order valence-electron chi connectivity index (χ4n) is 2.23. The number of hydrogen-bond donors (Lipinski definition) is 1. The Morgan fingerprint density at radius 2 is 2.05 bits per heavy atom. The van der Waals surface area contributed by atoms with Crippen LogP contribution in [0.5, 0.6) is 0 Å². The largest absolute Gasteiger partial charge is 0.423 e. The van der Waals surface area contributed by atoms with E-state index in [1.807, 2.05) is 18.2 Å². The van der Waals surface area contributed by atoms with Crippen LogP contribution in [0.1, 0.15) is 43.2 Å². The van der Waals surface area contributed by atoms with Gasteiger partial charge in [-0.3, -0.25) is 0 Å². The zero-order chi connectivity index (χ0) is 13.1. The molecule has 1 atom stereocenters. The first-order valence-electron chi connectivity index (χ1n) is 6.97. The van der Waals surface area contributed by atoms with E-state index < -0.39 is 0 Å². The lowest BCUT2D eigenvalue weighted by Gasteiger charge is -2.13. The van der Waals surface area contributed by atoms with Crippen LogP contribution < -0.4 is 5.32 Å². The van der Waals surface area contributed by atoms with Gasteiger partial charge in [-0.25, -0.2) is 0 Å². The number of benzene rings is 1. The molecule has 3 rings (SSSR count). The van der Waals surface area contributed by atoms with E-state index in [0.29, 0.717) is 5.89 Å². The quantitative estimate of drug-likeness (QED) is 0.864. The molecule has 0 amide bonds. The lowest BCUT2D eigenvalue weighted by atomic mass is 10.1. The summed E-state index contributed by atoms with van der Waals surface area (Å²) in [7, 11) is 0. The van der Waals surface area contributed by atoms with Crippen molar-refractivity contribution in [2.24, 2.45) is 5.92 Å². The highest BCUT2D eigenvalue weighted by Crippen LogP contribution is 2.32. The van der Waals surface area contributed by atoms with Gasteiger partial charge in [0.2, 0.25) is 11.8 Å². The van der Waals surface area contributed by atoms with Gasteiger partial charge in [0.05, 0.1) is 0 Å². The minimum Gasteiger partial charge on any atom is -0.423 e. The molecule has 1 aromatic heterocycles. The third-order valence-corrected chi connectivity index (χ3v) is 3.43. The lowest BCUT2D eigenvalue weighted by Crippen LogP contribution is -2.22. The molecule has 4 nitrogen and oxygen atoms in total. The second kappa shape index (κ2) is 5.53. The van der Waals surface area contributed by atoms with Gasteiger partial charge in [0.1, 0.15) is 6.04 Å². The fraction of sp³-hybridized carbons (Fsp3) is 0.467. The van der Waals surface area contributed by atoms with E-state index in [1.54, 1.807) is 0 Å². The molecule has 1 saturated carbocycles. The Morgan fingerprint density at radius 3 is 2.74 bits per heavy atom. The molecule has 1 aromatic carbocycles. The third kappa shape index (κ3) is 3.01. The smallest absolute Gasteiger partial charge is 0.237 e. The fourth-order valence-corrected chi connectivity index (χ4v) is 2.23. The predicted octanol–water partition coefficient (Wildman–Crippen LogP) is 2.72. The van der Waals surface area contributed by atoms with Crippen molar-refractivity contribution in [1.82, 2.24) is 15.5 Å². The molecule has 1 fully saturated rings. The molecule has 1 N–H and O–H groups in total. The number of aromatic nitrogens is 2. The summed E-state index contributed by atoms with van der Waals surface area (Å²) in [5.74, 6) is 2.21. The van der Waals surface area contributed by atoms with E-state index in [9.17, 15) is 0 Å². The van der Waals surface area contributed by atoms with Crippen LogP contribution in [0.4, 0.5) is 0 Å². The van der Waals surface area contributed by atoms with E-state index in [-0.39, 0.29) is 6.04 Å². The highest BCUT2D eigenvalue weighted by molar-refractivity contribution is 5.23. The monoisotopic (exact) mass is 257 g/mol. The molecule has 0 spiro atoms. The van der Waals surface area contributed by atoms with Crippen LogP contribution in [-0.2, 0) is 6.42 Å². The van der Waals surface area contributed by atoms with Gasteiger partial charge in [-0.1, -0.05) is 37.3 Å². The Balaban J connectivity index is 1.80. The molecular weight excluding hydrogens is 238 g/mol. The van der Waals surface area contributed by atoms with Crippen molar-refractivity contribution in [1.29, 1.82) is 0 Å². The van der Waals surface area contributed by atoms with Gasteiger partial charge in [-0.15, -0.1) is 10.2 Å². The van der Waals surface area contributed by atoms with Gasteiger partial charge in [0.15, 0.2) is 0 Å². The molecule has 4 heteroatoms. The molecule has 100 valence electrons. The van der Waals surface area contributed by atoms with Crippen molar-refractivity contribution < 1.29 is 4.42 Å². The molecule has 0 radical (unpaired) electrons. The third-order valence-electron chi connectivity index (χ3n) is 3.43. The SMILES string of the molecule is CCNC(c1ccccc1)c1nnc(CC2CC2)o1. The Morgan fingerprint density at radius 1 is 1.26 bits per heavy atom. The van der Waals surface area contributed by atoms with Crippen LogP contribution in [0.2, 0.25) is 0 Å². The molecule has 2 aromatic rings. The maximum atomic E-state index is 5.82. The average Bonchev–Trinajstić information content (AvgIpc) is 3.14. The summed E-state index contributed by atoms with van der Waals surface area (Å²) >= 11 is 0. The van der Waals surface area contributed by atoms with E-state index in [4.69, 9.17) is 4.42 Å². The summed E-state index contributed by atoms with van der Waals surface area (Å²) in [5, 5.41) is 11.8. The second-order valence-corrected chi connectivity index (χ2v) is 5.08. The molecule has 1 aliphatic carbocycles. The second-order valence-electron chi connectivity index (χ2n) is 5.08. The topological polar surface area (TPSA) is 51.0 Å². The normalized spacial score (nSPS) is 16.5. The highest BCUT2D eigenvalue weighted by atomic mass is 16.4. The van der Waals surface area contributed by atoms with E-state index in [0.717, 1.165) is 30.3 Å². The summed E-state index contributed by atoms with van der Waals surface area (Å²) in [4.78, 5) is 0. The minimum atomic E-state index is -0.00773. The van der Waals surface area contributed by atoms with Crippen molar-refractivity contribution in [3.05, 3.63) is 47.7 Å². The summed E-state index contributed by atoms with van der Waals surface area (Å²) in [6.07, 6.45) is 3.53. The molecule has 1 aliphatic rings. The van der Waals surface area contributed by atoms with Crippen molar-refractivity contribution in [3.63, 3.8) is 0 Å². The maximum Gasteiger partial charge on any atom is 0.237 e. The Labute approximate surface area is 113 Å². The van der Waals surface area contributed by atoms with Crippen LogP contribution in [0.15, 0.2) is 34.7 Å². The van der Waals surface area contributed by atoms with Gasteiger partial charge < -0.3 is 9.73 Å². The van der Waals surface area contributed by atoms with Crippen molar-refractivity contribution >= 4 is 0 Å². The molecule has 0 saturated heterocycles. The number of nitrogens with one attached hydrogen (secondary N) is 1. The summed E-state index contributed by atoms with van der Waals surface area (Å²) in [6, 6.07) is 10.2. The molecule has 1 unspecified atom stereocenters. The first-order chi connectivity index (χ1) is 9.36. The van der Waals surface area contributed by atoms with Crippen molar-refractivity contribution in [2.45, 2.75) is 32.2 Å². The average molecular weight is 257 g/mol. The molecular formula is C15H19N3O.